The number of rotatable bonds is 5. The van der Waals surface area contributed by atoms with Crippen molar-refractivity contribution in [3.05, 3.63) is 29.8 Å². The minimum Gasteiger partial charge on any atom is -0.487 e. The fraction of sp³-hybridized carbons (Fsp3) is 0.611. The van der Waals surface area contributed by atoms with Crippen LogP contribution in [-0.2, 0) is 14.6 Å². The van der Waals surface area contributed by atoms with Gasteiger partial charge in [-0.3, -0.25) is 4.79 Å². The summed E-state index contributed by atoms with van der Waals surface area (Å²) in [5, 5.41) is 3.02. The standard InChI is InChI=1S/C18H26N2O4S.ClH/c1-25(22,23)11-8-14(19)17(21)20-15-12-18(9-4-5-10-18)24-16-7-3-2-6-13(15)16;/h2-3,6-7,14-15H,4-5,8-12,19H2,1H3,(H,20,21);1H. The van der Waals surface area contributed by atoms with Crippen molar-refractivity contribution in [1.82, 2.24) is 5.32 Å². The quantitative estimate of drug-likeness (QED) is 0.786. The van der Waals surface area contributed by atoms with E-state index in [9.17, 15) is 13.2 Å². The van der Waals surface area contributed by atoms with Crippen LogP contribution < -0.4 is 15.8 Å². The second-order valence-electron chi connectivity index (χ2n) is 7.32. The fourth-order valence-electron chi connectivity index (χ4n) is 3.82. The first-order valence-corrected chi connectivity index (χ1v) is 10.9. The van der Waals surface area contributed by atoms with Crippen LogP contribution in [0.1, 0.15) is 50.1 Å². The first-order valence-electron chi connectivity index (χ1n) is 8.80. The zero-order chi connectivity index (χ0) is 18.1. The summed E-state index contributed by atoms with van der Waals surface area (Å²) in [7, 11) is -3.13. The normalized spacial score (nSPS) is 22.0. The summed E-state index contributed by atoms with van der Waals surface area (Å²) in [4.78, 5) is 12.5. The molecule has 3 rings (SSSR count). The molecule has 0 bridgehead atoms. The van der Waals surface area contributed by atoms with Crippen LogP contribution >= 0.6 is 12.4 Å². The Balaban J connectivity index is 0.00000243. The van der Waals surface area contributed by atoms with E-state index in [1.54, 1.807) is 0 Å². The molecule has 1 aromatic rings. The molecule has 2 atom stereocenters. The average molecular weight is 403 g/mol. The lowest BCUT2D eigenvalue weighted by molar-refractivity contribution is -0.123. The van der Waals surface area contributed by atoms with Crippen molar-refractivity contribution in [2.45, 2.75) is 56.2 Å². The van der Waals surface area contributed by atoms with Gasteiger partial charge in [0.25, 0.3) is 0 Å². The van der Waals surface area contributed by atoms with E-state index < -0.39 is 15.9 Å². The Morgan fingerprint density at radius 1 is 1.35 bits per heavy atom. The Labute approximate surface area is 161 Å². The number of hydrogen-bond donors (Lipinski definition) is 2. The lowest BCUT2D eigenvalue weighted by atomic mass is 9.85. The van der Waals surface area contributed by atoms with Crippen molar-refractivity contribution >= 4 is 28.2 Å². The number of sulfone groups is 1. The minimum absolute atomic E-state index is 0. The van der Waals surface area contributed by atoms with Crippen molar-refractivity contribution in [1.29, 1.82) is 0 Å². The molecule has 1 spiro atoms. The number of ether oxygens (including phenoxy) is 1. The van der Waals surface area contributed by atoms with Crippen molar-refractivity contribution < 1.29 is 17.9 Å². The van der Waals surface area contributed by atoms with Gasteiger partial charge in [0.2, 0.25) is 5.91 Å². The van der Waals surface area contributed by atoms with Gasteiger partial charge in [-0.1, -0.05) is 18.2 Å². The summed E-state index contributed by atoms with van der Waals surface area (Å²) in [6, 6.07) is 6.78. The molecule has 1 heterocycles. The molecule has 2 aliphatic rings. The van der Waals surface area contributed by atoms with Gasteiger partial charge in [0.1, 0.15) is 21.2 Å². The number of fused-ring (bicyclic) bond motifs is 1. The van der Waals surface area contributed by atoms with E-state index in [-0.39, 0.29) is 42.1 Å². The number of para-hydroxylation sites is 1. The smallest absolute Gasteiger partial charge is 0.237 e. The van der Waals surface area contributed by atoms with Gasteiger partial charge in [-0.25, -0.2) is 8.42 Å². The molecule has 1 aliphatic carbocycles. The summed E-state index contributed by atoms with van der Waals surface area (Å²) in [5.74, 6) is 0.430. The fourth-order valence-corrected chi connectivity index (χ4v) is 4.51. The first-order chi connectivity index (χ1) is 11.8. The third-order valence-corrected chi connectivity index (χ3v) is 6.14. The van der Waals surface area contributed by atoms with Crippen LogP contribution in [0.4, 0.5) is 0 Å². The molecule has 1 saturated carbocycles. The molecule has 8 heteroatoms. The second kappa shape index (κ2) is 8.15. The molecule has 6 nitrogen and oxygen atoms in total. The number of hydrogen-bond acceptors (Lipinski definition) is 5. The zero-order valence-corrected chi connectivity index (χ0v) is 16.6. The molecule has 1 fully saturated rings. The SMILES string of the molecule is CS(=O)(=O)CCC(N)C(=O)NC1CC2(CCCC2)Oc2ccccc21.Cl. The molecule has 146 valence electrons. The molecule has 0 aromatic heterocycles. The highest BCUT2D eigenvalue weighted by molar-refractivity contribution is 7.90. The highest BCUT2D eigenvalue weighted by atomic mass is 35.5. The number of carbonyl (C=O) groups excluding carboxylic acids is 1. The number of nitrogens with two attached hydrogens (primary N) is 1. The van der Waals surface area contributed by atoms with Gasteiger partial charge in [-0.05, 0) is 38.2 Å². The predicted octanol–water partition coefficient (Wildman–Crippen LogP) is 2.12. The minimum atomic E-state index is -3.13. The van der Waals surface area contributed by atoms with E-state index in [1.807, 2.05) is 24.3 Å². The molecule has 26 heavy (non-hydrogen) atoms. The van der Waals surface area contributed by atoms with E-state index in [0.717, 1.165) is 49.7 Å². The van der Waals surface area contributed by atoms with Gasteiger partial charge < -0.3 is 15.8 Å². The molecule has 1 amide bonds. The number of nitrogens with one attached hydrogen (secondary N) is 1. The molecule has 1 aliphatic heterocycles. The highest BCUT2D eigenvalue weighted by Gasteiger charge is 2.43. The molecule has 0 saturated heterocycles. The van der Waals surface area contributed by atoms with Crippen molar-refractivity contribution in [3.63, 3.8) is 0 Å². The summed E-state index contributed by atoms with van der Waals surface area (Å²) in [6.07, 6.45) is 6.26. The maximum atomic E-state index is 12.5. The summed E-state index contributed by atoms with van der Waals surface area (Å²) in [6.45, 7) is 0. The lowest BCUT2D eigenvalue weighted by Crippen LogP contribution is -2.48. The lowest BCUT2D eigenvalue weighted by Gasteiger charge is -2.40. The van der Waals surface area contributed by atoms with Gasteiger partial charge in [-0.15, -0.1) is 12.4 Å². The van der Waals surface area contributed by atoms with Crippen LogP contribution in [0.5, 0.6) is 5.75 Å². The van der Waals surface area contributed by atoms with Gasteiger partial charge in [0.05, 0.1) is 17.8 Å². The number of benzene rings is 1. The molecule has 2 unspecified atom stereocenters. The maximum absolute atomic E-state index is 12.5. The van der Waals surface area contributed by atoms with Crippen molar-refractivity contribution in [3.8, 4) is 5.75 Å². The van der Waals surface area contributed by atoms with Crippen LogP contribution in [0.15, 0.2) is 24.3 Å². The third-order valence-electron chi connectivity index (χ3n) is 5.16. The first kappa shape index (κ1) is 21.0. The third kappa shape index (κ3) is 4.90. The molecular formula is C18H27ClN2O4S. The predicted molar refractivity (Wildman–Crippen MR) is 103 cm³/mol. The Kier molecular flexibility index (Phi) is 6.58. The van der Waals surface area contributed by atoms with E-state index in [0.29, 0.717) is 0 Å². The maximum Gasteiger partial charge on any atom is 0.237 e. The average Bonchev–Trinajstić information content (AvgIpc) is 2.99. The van der Waals surface area contributed by atoms with E-state index in [1.165, 1.54) is 0 Å². The van der Waals surface area contributed by atoms with Crippen LogP contribution in [0, 0.1) is 0 Å². The van der Waals surface area contributed by atoms with E-state index in [4.69, 9.17) is 10.5 Å². The van der Waals surface area contributed by atoms with Crippen molar-refractivity contribution in [2.75, 3.05) is 12.0 Å². The van der Waals surface area contributed by atoms with Gasteiger partial charge >= 0.3 is 0 Å². The Morgan fingerprint density at radius 2 is 2.00 bits per heavy atom. The largest absolute Gasteiger partial charge is 0.487 e. The van der Waals surface area contributed by atoms with Gasteiger partial charge in [-0.2, -0.15) is 0 Å². The highest BCUT2D eigenvalue weighted by Crippen LogP contribution is 2.46. The molecular weight excluding hydrogens is 376 g/mol. The topological polar surface area (TPSA) is 98.5 Å². The molecule has 3 N–H and O–H groups in total. The zero-order valence-electron chi connectivity index (χ0n) is 14.9. The Bertz CT molecular complexity index is 747. The number of carbonyl (C=O) groups is 1. The van der Waals surface area contributed by atoms with Crippen LogP contribution in [-0.4, -0.2) is 38.0 Å². The monoisotopic (exact) mass is 402 g/mol. The Morgan fingerprint density at radius 3 is 2.65 bits per heavy atom. The van der Waals surface area contributed by atoms with Crippen LogP contribution in [0.2, 0.25) is 0 Å². The Hall–Kier alpha value is -1.31. The number of halogens is 1. The summed E-state index contributed by atoms with van der Waals surface area (Å²) in [5.41, 5.74) is 6.66. The molecule has 1 aromatic carbocycles. The molecule has 0 radical (unpaired) electrons. The second-order valence-corrected chi connectivity index (χ2v) is 9.58. The van der Waals surface area contributed by atoms with Crippen LogP contribution in [0.3, 0.4) is 0 Å². The van der Waals surface area contributed by atoms with E-state index >= 15 is 0 Å². The van der Waals surface area contributed by atoms with Gasteiger partial charge in [0, 0.05) is 18.2 Å². The van der Waals surface area contributed by atoms with E-state index in [2.05, 4.69) is 5.32 Å². The van der Waals surface area contributed by atoms with Crippen LogP contribution in [0.25, 0.3) is 0 Å². The number of amides is 1. The summed E-state index contributed by atoms with van der Waals surface area (Å²) >= 11 is 0. The van der Waals surface area contributed by atoms with Crippen molar-refractivity contribution in [2.24, 2.45) is 5.73 Å². The summed E-state index contributed by atoms with van der Waals surface area (Å²) < 4.78 is 28.8. The van der Waals surface area contributed by atoms with Gasteiger partial charge in [0.15, 0.2) is 0 Å².